The van der Waals surface area contributed by atoms with E-state index in [9.17, 15) is 26.3 Å². The summed E-state index contributed by atoms with van der Waals surface area (Å²) in [6, 6.07) is 17.7. The molecule has 0 heterocycles. The van der Waals surface area contributed by atoms with Gasteiger partial charge in [-0.2, -0.15) is 26.3 Å². The van der Waals surface area contributed by atoms with Crippen LogP contribution in [0.15, 0.2) is 57.5 Å². The van der Waals surface area contributed by atoms with Crippen LogP contribution >= 0.6 is 31.9 Å². The van der Waals surface area contributed by atoms with E-state index in [0.29, 0.717) is 5.92 Å². The Labute approximate surface area is 204 Å². The summed E-state index contributed by atoms with van der Waals surface area (Å²) in [7, 11) is 0. The number of halogens is 8. The molecule has 0 spiro atoms. The second-order valence-electron chi connectivity index (χ2n) is 7.67. The van der Waals surface area contributed by atoms with Gasteiger partial charge >= 0.3 is 12.4 Å². The minimum atomic E-state index is -4.00. The summed E-state index contributed by atoms with van der Waals surface area (Å²) in [5, 5.41) is 0. The Balaban J connectivity index is 0.000000805. The minimum Gasteiger partial charge on any atom is -0.172 e. The highest BCUT2D eigenvalue weighted by Crippen LogP contribution is 2.43. The zero-order valence-corrected chi connectivity index (χ0v) is 22.0. The molecule has 0 saturated heterocycles. The molecule has 2 rings (SSSR count). The molecule has 0 saturated carbocycles. The molecule has 2 aromatic rings. The third-order valence-corrected chi connectivity index (χ3v) is 5.89. The van der Waals surface area contributed by atoms with Crippen LogP contribution in [0.5, 0.6) is 0 Å². The van der Waals surface area contributed by atoms with Crippen molar-refractivity contribution in [3.05, 3.63) is 68.6 Å². The summed E-state index contributed by atoms with van der Waals surface area (Å²) >= 11 is 7.11. The number of rotatable bonds is 6. The van der Waals surface area contributed by atoms with E-state index in [0.717, 1.165) is 8.95 Å². The van der Waals surface area contributed by atoms with Gasteiger partial charge in [0.1, 0.15) is 0 Å². The van der Waals surface area contributed by atoms with Crippen molar-refractivity contribution < 1.29 is 26.3 Å². The van der Waals surface area contributed by atoms with Crippen molar-refractivity contribution in [1.82, 2.24) is 0 Å². The van der Waals surface area contributed by atoms with Gasteiger partial charge in [0.15, 0.2) is 0 Å². The van der Waals surface area contributed by atoms with E-state index in [1.807, 2.05) is 0 Å². The van der Waals surface area contributed by atoms with Crippen LogP contribution in [0.25, 0.3) is 0 Å². The van der Waals surface area contributed by atoms with E-state index in [1.165, 1.54) is 30.4 Å². The summed E-state index contributed by atoms with van der Waals surface area (Å²) in [5.41, 5.74) is 2.85. The highest BCUT2D eigenvalue weighted by atomic mass is 79.9. The van der Waals surface area contributed by atoms with Crippen molar-refractivity contribution >= 4 is 31.9 Å². The van der Waals surface area contributed by atoms with Gasteiger partial charge in [0.05, 0.1) is 0 Å². The molecule has 0 aliphatic heterocycles. The molecule has 182 valence electrons. The first-order valence-corrected chi connectivity index (χ1v) is 11.8. The molecule has 0 radical (unpaired) electrons. The number of hydrogen-bond donors (Lipinski definition) is 0. The molecular weight excluding hydrogens is 562 g/mol. The van der Waals surface area contributed by atoms with Crippen molar-refractivity contribution in [2.75, 3.05) is 0 Å². The molecule has 2 aromatic carbocycles. The second kappa shape index (κ2) is 13.6. The Bertz CT molecular complexity index is 696. The van der Waals surface area contributed by atoms with E-state index in [1.54, 1.807) is 0 Å². The first kappa shape index (κ1) is 31.0. The fraction of sp³-hybridized carbons (Fsp3) is 0.500. The Kier molecular flexibility index (Phi) is 13.2. The van der Waals surface area contributed by atoms with Crippen LogP contribution in [-0.2, 0) is 5.41 Å². The van der Waals surface area contributed by atoms with E-state index in [2.05, 4.69) is 101 Å². The van der Waals surface area contributed by atoms with E-state index >= 15 is 0 Å². The quantitative estimate of drug-likeness (QED) is 0.293. The molecular formula is C24H30Br2F6. The molecule has 0 aliphatic rings. The summed E-state index contributed by atoms with van der Waals surface area (Å²) in [6.45, 7) is 7.38. The molecule has 0 bridgehead atoms. The highest BCUT2D eigenvalue weighted by Gasteiger charge is 2.36. The largest absolute Gasteiger partial charge is 0.386 e. The van der Waals surface area contributed by atoms with Gasteiger partial charge in [0, 0.05) is 28.2 Å². The summed E-state index contributed by atoms with van der Waals surface area (Å²) in [5.74, 6) is 0.639. The first-order chi connectivity index (χ1) is 14.5. The lowest BCUT2D eigenvalue weighted by Crippen LogP contribution is -2.33. The van der Waals surface area contributed by atoms with Crippen LogP contribution in [0.3, 0.4) is 0 Å². The van der Waals surface area contributed by atoms with Gasteiger partial charge < -0.3 is 0 Å². The summed E-state index contributed by atoms with van der Waals surface area (Å²) in [4.78, 5) is 0. The van der Waals surface area contributed by atoms with Crippen LogP contribution in [0.1, 0.15) is 65.0 Å². The summed E-state index contributed by atoms with van der Waals surface area (Å²) in [6.07, 6.45) is -4.34. The Morgan fingerprint density at radius 2 is 0.938 bits per heavy atom. The van der Waals surface area contributed by atoms with E-state index in [4.69, 9.17) is 0 Å². The molecule has 0 aliphatic carbocycles. The lowest BCUT2D eigenvalue weighted by atomic mass is 9.65. The van der Waals surface area contributed by atoms with E-state index < -0.39 is 12.4 Å². The molecule has 0 fully saturated rings. The number of hydrogen-bond acceptors (Lipinski definition) is 0. The molecule has 1 unspecified atom stereocenters. The molecule has 32 heavy (non-hydrogen) atoms. The third-order valence-electron chi connectivity index (χ3n) is 4.83. The molecule has 0 aromatic heterocycles. The van der Waals surface area contributed by atoms with Crippen LogP contribution in [0, 0.1) is 5.92 Å². The monoisotopic (exact) mass is 590 g/mol. The fourth-order valence-corrected chi connectivity index (χ4v) is 4.01. The number of alkyl halides is 6. The van der Waals surface area contributed by atoms with Crippen molar-refractivity contribution in [1.29, 1.82) is 0 Å². The van der Waals surface area contributed by atoms with Crippen molar-refractivity contribution in [2.45, 2.75) is 71.6 Å². The van der Waals surface area contributed by atoms with Gasteiger partial charge in [-0.15, -0.1) is 0 Å². The van der Waals surface area contributed by atoms with Gasteiger partial charge in [0.25, 0.3) is 0 Å². The zero-order chi connectivity index (χ0) is 25.2. The molecule has 0 N–H and O–H groups in total. The van der Waals surface area contributed by atoms with Gasteiger partial charge in [0.2, 0.25) is 0 Å². The van der Waals surface area contributed by atoms with Crippen LogP contribution in [0.4, 0.5) is 26.3 Å². The molecule has 8 heteroatoms. The smallest absolute Gasteiger partial charge is 0.172 e. The van der Waals surface area contributed by atoms with Crippen LogP contribution in [-0.4, -0.2) is 12.4 Å². The van der Waals surface area contributed by atoms with Gasteiger partial charge in [-0.1, -0.05) is 89.7 Å². The average Bonchev–Trinajstić information content (AvgIpc) is 2.64. The topological polar surface area (TPSA) is 0 Å². The van der Waals surface area contributed by atoms with Gasteiger partial charge in [-0.25, -0.2) is 0 Å². The van der Waals surface area contributed by atoms with Crippen molar-refractivity contribution in [2.24, 2.45) is 5.92 Å². The summed E-state index contributed by atoms with van der Waals surface area (Å²) < 4.78 is 64.4. The first-order valence-electron chi connectivity index (χ1n) is 10.2. The maximum atomic E-state index is 10.4. The normalized spacial score (nSPS) is 12.8. The lowest BCUT2D eigenvalue weighted by Gasteiger charge is -2.39. The predicted octanol–water partition coefficient (Wildman–Crippen LogP) is 10.5. The minimum absolute atomic E-state index is 0.0478. The SMILES string of the molecule is CC(F)(F)F.CC(F)(F)F.CCCC(CC)C(C)(c1ccc(Br)cc1)c1ccc(Br)cc1. The average molecular weight is 592 g/mol. The molecule has 0 nitrogen and oxygen atoms in total. The molecule has 1 atom stereocenters. The predicted molar refractivity (Wildman–Crippen MR) is 127 cm³/mol. The highest BCUT2D eigenvalue weighted by molar-refractivity contribution is 9.10. The fourth-order valence-electron chi connectivity index (χ4n) is 3.48. The maximum Gasteiger partial charge on any atom is 0.386 e. The lowest BCUT2D eigenvalue weighted by molar-refractivity contribution is -0.111. The Hall–Kier alpha value is -1.02. The van der Waals surface area contributed by atoms with Gasteiger partial charge in [-0.05, 0) is 47.7 Å². The van der Waals surface area contributed by atoms with Crippen LogP contribution in [0.2, 0.25) is 0 Å². The standard InChI is InChI=1S/C20H24Br2.2C2H3F3/c1-4-6-15(5-2)20(3,16-7-11-18(21)12-8-16)17-9-13-19(22)14-10-17;2*1-2(3,4)5/h7-15H,4-6H2,1-3H3;2*1H3. The Morgan fingerprint density at radius 1 is 0.656 bits per heavy atom. The van der Waals surface area contributed by atoms with Crippen molar-refractivity contribution in [3.8, 4) is 0 Å². The van der Waals surface area contributed by atoms with Gasteiger partial charge in [-0.3, -0.25) is 0 Å². The second-order valence-corrected chi connectivity index (χ2v) is 9.50. The molecule has 0 amide bonds. The third kappa shape index (κ3) is 12.9. The zero-order valence-electron chi connectivity index (χ0n) is 18.8. The Morgan fingerprint density at radius 3 is 1.16 bits per heavy atom. The number of benzene rings is 2. The van der Waals surface area contributed by atoms with E-state index in [-0.39, 0.29) is 19.3 Å². The van der Waals surface area contributed by atoms with Crippen LogP contribution < -0.4 is 0 Å². The van der Waals surface area contributed by atoms with Crippen molar-refractivity contribution in [3.63, 3.8) is 0 Å². The maximum absolute atomic E-state index is 10.4.